The summed E-state index contributed by atoms with van der Waals surface area (Å²) < 4.78 is 11.1. The fourth-order valence-electron chi connectivity index (χ4n) is 0.794. The van der Waals surface area contributed by atoms with Crippen molar-refractivity contribution in [3.63, 3.8) is 0 Å². The summed E-state index contributed by atoms with van der Waals surface area (Å²) in [6.45, 7) is 1.75. The van der Waals surface area contributed by atoms with E-state index in [2.05, 4.69) is 0 Å². The Kier molecular flexibility index (Phi) is 1.78. The lowest BCUT2D eigenvalue weighted by molar-refractivity contribution is 0.483. The largest absolute Gasteiger partial charge is 0.341 e. The second-order valence-corrected chi connectivity index (χ2v) is 4.86. The van der Waals surface area contributed by atoms with E-state index in [-0.39, 0.29) is 0 Å². The predicted octanol–water partition coefficient (Wildman–Crippen LogP) is 1.95. The van der Waals surface area contributed by atoms with E-state index in [0.29, 0.717) is 6.16 Å². The molecular formula is C6H11O2P. The number of rotatable bonds is 2. The molecule has 3 heteroatoms. The molecule has 0 saturated carbocycles. The van der Waals surface area contributed by atoms with Crippen LogP contribution in [-0.4, -0.2) is 11.1 Å². The van der Waals surface area contributed by atoms with Gasteiger partial charge in [0.05, 0.1) is 0 Å². The quantitative estimate of drug-likeness (QED) is 0.604. The number of allylic oxidation sites excluding steroid dienone is 2. The molecule has 0 amide bonds. The van der Waals surface area contributed by atoms with Gasteiger partial charge in [0.25, 0.3) is 0 Å². The van der Waals surface area contributed by atoms with E-state index < -0.39 is 7.37 Å². The molecule has 1 aliphatic carbocycles. The third-order valence-electron chi connectivity index (χ3n) is 1.66. The molecular weight excluding hydrogens is 135 g/mol. The van der Waals surface area contributed by atoms with Crippen LogP contribution in [0.3, 0.4) is 0 Å². The molecule has 0 aliphatic heterocycles. The molecule has 0 aromatic heterocycles. The summed E-state index contributed by atoms with van der Waals surface area (Å²) in [5, 5.41) is 0.782. The van der Waals surface area contributed by atoms with Crippen molar-refractivity contribution >= 4 is 7.37 Å². The molecule has 0 aromatic rings. The van der Waals surface area contributed by atoms with Crippen LogP contribution in [0.5, 0.6) is 0 Å². The van der Waals surface area contributed by atoms with Crippen LogP contribution in [0.2, 0.25) is 0 Å². The van der Waals surface area contributed by atoms with Gasteiger partial charge in [0.1, 0.15) is 0 Å². The first-order chi connectivity index (χ1) is 4.17. The zero-order valence-corrected chi connectivity index (χ0v) is 6.40. The minimum atomic E-state index is -2.82. The zero-order valence-electron chi connectivity index (χ0n) is 5.50. The molecule has 1 aliphatic rings. The van der Waals surface area contributed by atoms with Gasteiger partial charge in [-0.2, -0.15) is 0 Å². The Morgan fingerprint density at radius 3 is 2.56 bits per heavy atom. The van der Waals surface area contributed by atoms with Gasteiger partial charge in [0.15, 0.2) is 0 Å². The van der Waals surface area contributed by atoms with Gasteiger partial charge in [-0.3, -0.25) is 4.57 Å². The van der Waals surface area contributed by atoms with E-state index in [4.69, 9.17) is 4.89 Å². The van der Waals surface area contributed by atoms with Gasteiger partial charge in [-0.1, -0.05) is 13.0 Å². The Morgan fingerprint density at radius 2 is 2.44 bits per heavy atom. The summed E-state index contributed by atoms with van der Waals surface area (Å²) in [5.41, 5.74) is 0. The van der Waals surface area contributed by atoms with Gasteiger partial charge in [0, 0.05) is 11.5 Å². The van der Waals surface area contributed by atoms with Gasteiger partial charge < -0.3 is 4.89 Å². The molecule has 2 nitrogen and oxygen atoms in total. The maximum atomic E-state index is 11.1. The molecule has 0 fully saturated rings. The molecule has 0 spiro atoms. The molecule has 52 valence electrons. The molecule has 0 saturated heterocycles. The highest BCUT2D eigenvalue weighted by atomic mass is 31.2. The van der Waals surface area contributed by atoms with E-state index >= 15 is 0 Å². The summed E-state index contributed by atoms with van der Waals surface area (Å²) in [7, 11) is -2.82. The van der Waals surface area contributed by atoms with Crippen molar-refractivity contribution in [2.75, 3.05) is 6.16 Å². The van der Waals surface area contributed by atoms with Crippen LogP contribution in [0.1, 0.15) is 19.8 Å². The Balaban J connectivity index is 2.70. The molecule has 1 unspecified atom stereocenters. The first-order valence-corrected chi connectivity index (χ1v) is 5.02. The lowest BCUT2D eigenvalue weighted by Gasteiger charge is -2.18. The molecule has 0 heterocycles. The molecule has 0 bridgehead atoms. The summed E-state index contributed by atoms with van der Waals surface area (Å²) in [4.78, 5) is 9.13. The molecule has 1 rings (SSSR count). The van der Waals surface area contributed by atoms with E-state index in [1.54, 1.807) is 6.92 Å². The maximum Gasteiger partial charge on any atom is 0.225 e. The normalized spacial score (nSPS) is 24.0. The lowest BCUT2D eigenvalue weighted by atomic mass is 10.1. The molecule has 9 heavy (non-hydrogen) atoms. The summed E-state index contributed by atoms with van der Waals surface area (Å²) in [5.74, 6) is 0. The minimum absolute atomic E-state index is 0.388. The Morgan fingerprint density at radius 1 is 1.89 bits per heavy atom. The molecule has 0 radical (unpaired) electrons. The van der Waals surface area contributed by atoms with Gasteiger partial charge in [-0.05, 0) is 12.8 Å². The minimum Gasteiger partial charge on any atom is -0.341 e. The average Bonchev–Trinajstić information content (AvgIpc) is 1.60. The smallest absolute Gasteiger partial charge is 0.225 e. The second kappa shape index (κ2) is 2.28. The summed E-state index contributed by atoms with van der Waals surface area (Å²) in [6, 6.07) is 0. The highest BCUT2D eigenvalue weighted by Gasteiger charge is 2.24. The van der Waals surface area contributed by atoms with Crippen LogP contribution in [-0.2, 0) is 4.57 Å². The van der Waals surface area contributed by atoms with Crippen molar-refractivity contribution < 1.29 is 9.46 Å². The highest BCUT2D eigenvalue weighted by molar-refractivity contribution is 7.62. The van der Waals surface area contributed by atoms with Crippen molar-refractivity contribution in [3.05, 3.63) is 11.4 Å². The van der Waals surface area contributed by atoms with Crippen molar-refractivity contribution in [1.29, 1.82) is 0 Å². The van der Waals surface area contributed by atoms with Crippen LogP contribution in [0, 0.1) is 0 Å². The van der Waals surface area contributed by atoms with Gasteiger partial charge in [-0.25, -0.2) is 0 Å². The second-order valence-electron chi connectivity index (χ2n) is 2.25. The summed E-state index contributed by atoms with van der Waals surface area (Å²) >= 11 is 0. The van der Waals surface area contributed by atoms with Gasteiger partial charge >= 0.3 is 0 Å². The third kappa shape index (κ3) is 1.25. The molecule has 1 atom stereocenters. The maximum absolute atomic E-state index is 11.1. The molecule has 0 aromatic carbocycles. The first kappa shape index (κ1) is 7.04. The Hall–Kier alpha value is -0.0700. The van der Waals surface area contributed by atoms with Gasteiger partial charge in [0.2, 0.25) is 7.37 Å². The highest BCUT2D eigenvalue weighted by Crippen LogP contribution is 2.54. The Labute approximate surface area is 55.0 Å². The monoisotopic (exact) mass is 146 g/mol. The molecule has 1 N–H and O–H groups in total. The summed E-state index contributed by atoms with van der Waals surface area (Å²) in [6.07, 6.45) is 4.07. The van der Waals surface area contributed by atoms with Crippen LogP contribution < -0.4 is 0 Å². The topological polar surface area (TPSA) is 37.3 Å². The van der Waals surface area contributed by atoms with E-state index in [0.717, 1.165) is 18.2 Å². The predicted molar refractivity (Wildman–Crippen MR) is 37.7 cm³/mol. The van der Waals surface area contributed by atoms with Crippen molar-refractivity contribution in [1.82, 2.24) is 0 Å². The van der Waals surface area contributed by atoms with Gasteiger partial charge in [-0.15, -0.1) is 0 Å². The Bertz CT molecular complexity index is 183. The fourth-order valence-corrected chi connectivity index (χ4v) is 2.09. The van der Waals surface area contributed by atoms with Crippen LogP contribution in [0.25, 0.3) is 0 Å². The van der Waals surface area contributed by atoms with E-state index in [1.165, 1.54) is 0 Å². The lowest BCUT2D eigenvalue weighted by Crippen LogP contribution is -1.96. The van der Waals surface area contributed by atoms with Crippen LogP contribution in [0.15, 0.2) is 11.4 Å². The first-order valence-electron chi connectivity index (χ1n) is 3.18. The third-order valence-corrected chi connectivity index (χ3v) is 3.82. The van der Waals surface area contributed by atoms with E-state index in [1.807, 2.05) is 6.08 Å². The van der Waals surface area contributed by atoms with Crippen LogP contribution >= 0.6 is 7.37 Å². The SMILES string of the molecule is CCP(=O)(O)C1=CCC1. The van der Waals surface area contributed by atoms with Crippen molar-refractivity contribution in [2.45, 2.75) is 19.8 Å². The average molecular weight is 146 g/mol. The van der Waals surface area contributed by atoms with E-state index in [9.17, 15) is 4.57 Å². The zero-order chi connectivity index (χ0) is 6.91. The van der Waals surface area contributed by atoms with Crippen molar-refractivity contribution in [2.24, 2.45) is 0 Å². The number of hydrogen-bond acceptors (Lipinski definition) is 1. The number of hydrogen-bond donors (Lipinski definition) is 1. The standard InChI is InChI=1S/C6H11O2P/c1-2-9(7,8)6-4-3-5-6/h4H,2-3,5H2,1H3,(H,7,8). The van der Waals surface area contributed by atoms with Crippen molar-refractivity contribution in [3.8, 4) is 0 Å². The van der Waals surface area contributed by atoms with Crippen LogP contribution in [0.4, 0.5) is 0 Å². The fraction of sp³-hybridized carbons (Fsp3) is 0.667.